The van der Waals surface area contributed by atoms with Gasteiger partial charge in [0.25, 0.3) is 5.91 Å². The molecule has 0 saturated carbocycles. The molecule has 1 heterocycles. The molecule has 0 spiro atoms. The maximum atomic E-state index is 12.8. The van der Waals surface area contributed by atoms with Crippen LogP contribution in [0.25, 0.3) is 6.08 Å². The second-order valence-electron chi connectivity index (χ2n) is 7.09. The summed E-state index contributed by atoms with van der Waals surface area (Å²) in [6.45, 7) is 2.12. The van der Waals surface area contributed by atoms with Gasteiger partial charge >= 0.3 is 0 Å². The van der Waals surface area contributed by atoms with Crippen molar-refractivity contribution in [3.63, 3.8) is 0 Å². The number of hydrogen-bond acceptors (Lipinski definition) is 4. The summed E-state index contributed by atoms with van der Waals surface area (Å²) < 4.78 is 10.6. The summed E-state index contributed by atoms with van der Waals surface area (Å²) in [5.41, 5.74) is 2.65. The fraction of sp³-hybridized carbons (Fsp3) is 0.120. The number of amides is 2. The van der Waals surface area contributed by atoms with E-state index in [-0.39, 0.29) is 24.6 Å². The summed E-state index contributed by atoms with van der Waals surface area (Å²) in [6, 6.07) is 21.9. The number of nitrogens with one attached hydrogen (secondary N) is 2. The lowest BCUT2D eigenvalue weighted by Crippen LogP contribution is -2.27. The van der Waals surface area contributed by atoms with E-state index in [1.165, 1.54) is 6.08 Å². The van der Waals surface area contributed by atoms with Crippen LogP contribution < -0.4 is 20.1 Å². The Hall–Kier alpha value is -4.06. The van der Waals surface area contributed by atoms with Crippen LogP contribution in [0.5, 0.6) is 11.5 Å². The molecule has 156 valence electrons. The lowest BCUT2D eigenvalue weighted by Gasteiger charge is -2.16. The van der Waals surface area contributed by atoms with Crippen LogP contribution >= 0.6 is 0 Å². The number of rotatable bonds is 6. The van der Waals surface area contributed by atoms with Crippen molar-refractivity contribution in [1.82, 2.24) is 5.32 Å². The fourth-order valence-corrected chi connectivity index (χ4v) is 3.25. The number of anilines is 1. The van der Waals surface area contributed by atoms with Crippen molar-refractivity contribution in [3.8, 4) is 11.5 Å². The summed E-state index contributed by atoms with van der Waals surface area (Å²) in [4.78, 5) is 25.3. The van der Waals surface area contributed by atoms with Crippen LogP contribution in [0.1, 0.15) is 34.5 Å². The van der Waals surface area contributed by atoms with E-state index in [0.29, 0.717) is 22.7 Å². The van der Waals surface area contributed by atoms with E-state index >= 15 is 0 Å². The largest absolute Gasteiger partial charge is 0.454 e. The van der Waals surface area contributed by atoms with Gasteiger partial charge in [0.15, 0.2) is 11.5 Å². The highest BCUT2D eigenvalue weighted by Crippen LogP contribution is 2.32. The molecule has 6 nitrogen and oxygen atoms in total. The smallest absolute Gasteiger partial charge is 0.253 e. The number of hydrogen-bond donors (Lipinski definition) is 2. The maximum absolute atomic E-state index is 12.8. The minimum absolute atomic E-state index is 0.164. The molecule has 6 heteroatoms. The number of fused-ring (bicyclic) bond motifs is 1. The molecular formula is C25H22N2O4. The van der Waals surface area contributed by atoms with Crippen LogP contribution in [0.2, 0.25) is 0 Å². The van der Waals surface area contributed by atoms with Crippen LogP contribution in [-0.4, -0.2) is 18.6 Å². The van der Waals surface area contributed by atoms with E-state index in [2.05, 4.69) is 10.6 Å². The molecule has 3 aromatic carbocycles. The molecule has 0 fully saturated rings. The number of ether oxygens (including phenoxy) is 2. The summed E-state index contributed by atoms with van der Waals surface area (Å²) in [7, 11) is 0. The van der Waals surface area contributed by atoms with E-state index in [1.807, 2.05) is 43.3 Å². The Balaban J connectivity index is 1.43. The normalized spacial score (nSPS) is 13.1. The Bertz CT molecular complexity index is 1130. The van der Waals surface area contributed by atoms with Crippen molar-refractivity contribution in [2.75, 3.05) is 12.1 Å². The zero-order valence-corrected chi connectivity index (χ0v) is 17.0. The quantitative estimate of drug-likeness (QED) is 0.580. The van der Waals surface area contributed by atoms with Gasteiger partial charge in [0.05, 0.1) is 17.3 Å². The Morgan fingerprint density at radius 3 is 2.52 bits per heavy atom. The van der Waals surface area contributed by atoms with E-state index in [9.17, 15) is 9.59 Å². The standard InChI is InChI=1S/C25H22N2O4/c1-17(19-7-3-2-4-8-19)26-25(29)20-9-5-6-10-21(20)27-24(28)14-12-18-11-13-22-23(15-18)31-16-30-22/h2-15,17H,16H2,1H3,(H,26,29)(H,27,28)/b14-12+. The third kappa shape index (κ3) is 4.93. The van der Waals surface area contributed by atoms with Crippen molar-refractivity contribution in [3.05, 3.63) is 95.6 Å². The topological polar surface area (TPSA) is 76.7 Å². The first kappa shape index (κ1) is 20.2. The first-order chi connectivity index (χ1) is 15.1. The number of benzene rings is 3. The summed E-state index contributed by atoms with van der Waals surface area (Å²) in [6.07, 6.45) is 3.09. The zero-order chi connectivity index (χ0) is 21.6. The van der Waals surface area contributed by atoms with Crippen molar-refractivity contribution >= 4 is 23.6 Å². The Kier molecular flexibility index (Phi) is 5.98. The van der Waals surface area contributed by atoms with Gasteiger partial charge in [-0.15, -0.1) is 0 Å². The van der Waals surface area contributed by atoms with Gasteiger partial charge in [0, 0.05) is 6.08 Å². The van der Waals surface area contributed by atoms with Gasteiger partial charge in [-0.2, -0.15) is 0 Å². The number of para-hydroxylation sites is 1. The molecule has 2 amide bonds. The summed E-state index contributed by atoms with van der Waals surface area (Å²) in [5, 5.41) is 5.76. The molecule has 0 radical (unpaired) electrons. The molecule has 2 N–H and O–H groups in total. The average Bonchev–Trinajstić information content (AvgIpc) is 3.26. The molecule has 31 heavy (non-hydrogen) atoms. The Morgan fingerprint density at radius 2 is 1.68 bits per heavy atom. The van der Waals surface area contributed by atoms with E-state index < -0.39 is 0 Å². The van der Waals surface area contributed by atoms with Crippen molar-refractivity contribution < 1.29 is 19.1 Å². The van der Waals surface area contributed by atoms with Gasteiger partial charge in [0.1, 0.15) is 0 Å². The van der Waals surface area contributed by atoms with Crippen LogP contribution in [0.15, 0.2) is 78.9 Å². The molecule has 0 bridgehead atoms. The first-order valence-electron chi connectivity index (χ1n) is 9.94. The third-order valence-electron chi connectivity index (χ3n) is 4.90. The molecule has 4 rings (SSSR count). The first-order valence-corrected chi connectivity index (χ1v) is 9.94. The fourth-order valence-electron chi connectivity index (χ4n) is 3.25. The van der Waals surface area contributed by atoms with E-state index in [0.717, 1.165) is 11.1 Å². The highest BCUT2D eigenvalue weighted by Gasteiger charge is 2.16. The minimum Gasteiger partial charge on any atom is -0.454 e. The summed E-state index contributed by atoms with van der Waals surface area (Å²) in [5.74, 6) is 0.740. The second kappa shape index (κ2) is 9.17. The third-order valence-corrected chi connectivity index (χ3v) is 4.90. The van der Waals surface area contributed by atoms with Crippen LogP contribution in [0, 0.1) is 0 Å². The lowest BCUT2D eigenvalue weighted by molar-refractivity contribution is -0.111. The molecule has 1 unspecified atom stereocenters. The lowest BCUT2D eigenvalue weighted by atomic mass is 10.1. The Morgan fingerprint density at radius 1 is 0.935 bits per heavy atom. The van der Waals surface area contributed by atoms with Crippen LogP contribution in [-0.2, 0) is 4.79 Å². The van der Waals surface area contributed by atoms with Crippen LogP contribution in [0.4, 0.5) is 5.69 Å². The second-order valence-corrected chi connectivity index (χ2v) is 7.09. The van der Waals surface area contributed by atoms with Gasteiger partial charge in [-0.1, -0.05) is 48.5 Å². The van der Waals surface area contributed by atoms with Gasteiger partial charge in [-0.3, -0.25) is 9.59 Å². The molecule has 0 aromatic heterocycles. The molecule has 3 aromatic rings. The van der Waals surface area contributed by atoms with Gasteiger partial charge in [-0.25, -0.2) is 0 Å². The highest BCUT2D eigenvalue weighted by atomic mass is 16.7. The number of carbonyl (C=O) groups is 2. The predicted octanol–water partition coefficient (Wildman–Crippen LogP) is 4.56. The average molecular weight is 414 g/mol. The molecule has 0 saturated heterocycles. The molecule has 1 aliphatic heterocycles. The predicted molar refractivity (Wildman–Crippen MR) is 119 cm³/mol. The van der Waals surface area contributed by atoms with E-state index in [1.54, 1.807) is 42.5 Å². The van der Waals surface area contributed by atoms with Gasteiger partial charge in [0.2, 0.25) is 12.7 Å². The monoisotopic (exact) mass is 414 g/mol. The zero-order valence-electron chi connectivity index (χ0n) is 17.0. The molecular weight excluding hydrogens is 392 g/mol. The van der Waals surface area contributed by atoms with Crippen molar-refractivity contribution in [1.29, 1.82) is 0 Å². The van der Waals surface area contributed by atoms with E-state index in [4.69, 9.17) is 9.47 Å². The summed E-state index contributed by atoms with van der Waals surface area (Å²) >= 11 is 0. The molecule has 0 aliphatic carbocycles. The Labute approximate surface area is 180 Å². The van der Waals surface area contributed by atoms with Crippen molar-refractivity contribution in [2.24, 2.45) is 0 Å². The highest BCUT2D eigenvalue weighted by molar-refractivity contribution is 6.07. The van der Waals surface area contributed by atoms with Gasteiger partial charge < -0.3 is 20.1 Å². The molecule has 1 aliphatic rings. The number of carbonyl (C=O) groups excluding carboxylic acids is 2. The SMILES string of the molecule is CC(NC(=O)c1ccccc1NC(=O)/C=C/c1ccc2c(c1)OCO2)c1ccccc1. The van der Waals surface area contributed by atoms with Crippen molar-refractivity contribution in [2.45, 2.75) is 13.0 Å². The minimum atomic E-state index is -0.339. The molecule has 1 atom stereocenters. The van der Waals surface area contributed by atoms with Crippen LogP contribution in [0.3, 0.4) is 0 Å². The maximum Gasteiger partial charge on any atom is 0.253 e. The van der Waals surface area contributed by atoms with Gasteiger partial charge in [-0.05, 0) is 48.4 Å².